The molecule has 0 bridgehead atoms. The van der Waals surface area contributed by atoms with Gasteiger partial charge in [0.1, 0.15) is 0 Å². The molecule has 110 valence electrons. The van der Waals surface area contributed by atoms with Crippen LogP contribution in [0.1, 0.15) is 45.4 Å². The second kappa shape index (κ2) is 6.16. The summed E-state index contributed by atoms with van der Waals surface area (Å²) in [4.78, 5) is 11.7. The van der Waals surface area contributed by atoms with Crippen LogP contribution in [0.5, 0.6) is 0 Å². The molecule has 2 fully saturated rings. The molecule has 1 aliphatic carbocycles. The van der Waals surface area contributed by atoms with E-state index in [2.05, 4.69) is 17.6 Å². The summed E-state index contributed by atoms with van der Waals surface area (Å²) in [5, 5.41) is 5.38. The minimum Gasteiger partial charge on any atom is -0.355 e. The molecule has 2 N–H and O–H groups in total. The van der Waals surface area contributed by atoms with Crippen LogP contribution < -0.4 is 10.6 Å². The van der Waals surface area contributed by atoms with Crippen LogP contribution in [-0.2, 0) is 4.79 Å². The zero-order valence-corrected chi connectivity index (χ0v) is 11.6. The standard InChI is InChI=1S/C14H24F2N2O/c1-10-4-2-3-5-11(10)6-7-17-13(19)12-8-14(15,16)9-18-12/h10-12,18H,2-9H2,1H3,(H,17,19). The van der Waals surface area contributed by atoms with Crippen LogP contribution in [-0.4, -0.2) is 31.0 Å². The van der Waals surface area contributed by atoms with Crippen LogP contribution in [0.2, 0.25) is 0 Å². The number of hydrogen-bond acceptors (Lipinski definition) is 2. The van der Waals surface area contributed by atoms with Gasteiger partial charge in [-0.15, -0.1) is 0 Å². The van der Waals surface area contributed by atoms with E-state index in [1.165, 1.54) is 25.7 Å². The highest BCUT2D eigenvalue weighted by molar-refractivity contribution is 5.82. The van der Waals surface area contributed by atoms with Gasteiger partial charge in [0.2, 0.25) is 5.91 Å². The Labute approximate surface area is 113 Å². The molecule has 5 heteroatoms. The molecule has 3 unspecified atom stereocenters. The van der Waals surface area contributed by atoms with Crippen LogP contribution in [0.3, 0.4) is 0 Å². The average Bonchev–Trinajstić information content (AvgIpc) is 2.72. The molecule has 1 amide bonds. The monoisotopic (exact) mass is 274 g/mol. The van der Waals surface area contributed by atoms with Crippen molar-refractivity contribution in [1.82, 2.24) is 10.6 Å². The highest BCUT2D eigenvalue weighted by atomic mass is 19.3. The smallest absolute Gasteiger partial charge is 0.262 e. The van der Waals surface area contributed by atoms with Gasteiger partial charge < -0.3 is 5.32 Å². The molecule has 2 rings (SSSR count). The summed E-state index contributed by atoms with van der Waals surface area (Å²) in [5.74, 6) is -1.62. The number of nitrogens with one attached hydrogen (secondary N) is 2. The maximum atomic E-state index is 13.0. The van der Waals surface area contributed by atoms with Crippen molar-refractivity contribution in [2.45, 2.75) is 57.4 Å². The summed E-state index contributed by atoms with van der Waals surface area (Å²) < 4.78 is 26.0. The molecule has 2 aliphatic rings. The van der Waals surface area contributed by atoms with Gasteiger partial charge >= 0.3 is 0 Å². The van der Waals surface area contributed by atoms with E-state index < -0.39 is 12.0 Å². The molecule has 1 aliphatic heterocycles. The Bertz CT molecular complexity index is 323. The molecule has 1 saturated carbocycles. The van der Waals surface area contributed by atoms with Gasteiger partial charge in [0.25, 0.3) is 5.92 Å². The summed E-state index contributed by atoms with van der Waals surface area (Å²) in [6, 6.07) is -0.723. The zero-order chi connectivity index (χ0) is 13.9. The Morgan fingerprint density at radius 1 is 1.37 bits per heavy atom. The summed E-state index contributed by atoms with van der Waals surface area (Å²) in [6.45, 7) is 2.49. The Morgan fingerprint density at radius 3 is 2.74 bits per heavy atom. The minimum atomic E-state index is -2.74. The summed E-state index contributed by atoms with van der Waals surface area (Å²) >= 11 is 0. The molecule has 0 aromatic carbocycles. The van der Waals surface area contributed by atoms with Crippen LogP contribution in [0.15, 0.2) is 0 Å². The highest BCUT2D eigenvalue weighted by Crippen LogP contribution is 2.31. The summed E-state index contributed by atoms with van der Waals surface area (Å²) in [5.41, 5.74) is 0. The third kappa shape index (κ3) is 4.13. The van der Waals surface area contributed by atoms with Crippen molar-refractivity contribution >= 4 is 5.91 Å². The predicted octanol–water partition coefficient (Wildman–Crippen LogP) is 2.32. The van der Waals surface area contributed by atoms with E-state index >= 15 is 0 Å². The lowest BCUT2D eigenvalue weighted by Crippen LogP contribution is -2.41. The molecule has 1 saturated heterocycles. The zero-order valence-electron chi connectivity index (χ0n) is 11.6. The summed E-state index contributed by atoms with van der Waals surface area (Å²) in [6.07, 6.45) is 5.69. The van der Waals surface area contributed by atoms with E-state index in [1.54, 1.807) is 0 Å². The molecule has 0 radical (unpaired) electrons. The number of hydrogen-bond donors (Lipinski definition) is 2. The Hall–Kier alpha value is -0.710. The van der Waals surface area contributed by atoms with Crippen molar-refractivity contribution in [2.24, 2.45) is 11.8 Å². The molecular weight excluding hydrogens is 250 g/mol. The number of halogens is 2. The van der Waals surface area contributed by atoms with Crippen LogP contribution in [0.4, 0.5) is 8.78 Å². The van der Waals surface area contributed by atoms with Gasteiger partial charge in [-0.2, -0.15) is 0 Å². The molecule has 3 atom stereocenters. The number of carbonyl (C=O) groups is 1. The van der Waals surface area contributed by atoms with Crippen LogP contribution in [0, 0.1) is 11.8 Å². The lowest BCUT2D eigenvalue weighted by Gasteiger charge is -2.28. The van der Waals surface area contributed by atoms with E-state index in [0.717, 1.165) is 12.3 Å². The number of amides is 1. The van der Waals surface area contributed by atoms with Crippen LogP contribution in [0.25, 0.3) is 0 Å². The van der Waals surface area contributed by atoms with Crippen molar-refractivity contribution in [3.05, 3.63) is 0 Å². The fourth-order valence-corrected chi connectivity index (χ4v) is 3.23. The molecule has 0 aromatic rings. The van der Waals surface area contributed by atoms with E-state index in [0.29, 0.717) is 12.5 Å². The SMILES string of the molecule is CC1CCCCC1CCNC(=O)C1CC(F)(F)CN1. The van der Waals surface area contributed by atoms with Crippen molar-refractivity contribution in [3.8, 4) is 0 Å². The van der Waals surface area contributed by atoms with Crippen LogP contribution >= 0.6 is 0 Å². The summed E-state index contributed by atoms with van der Waals surface area (Å²) in [7, 11) is 0. The minimum absolute atomic E-state index is 0.277. The van der Waals surface area contributed by atoms with Crippen molar-refractivity contribution in [2.75, 3.05) is 13.1 Å². The van der Waals surface area contributed by atoms with E-state index in [4.69, 9.17) is 0 Å². The molecule has 3 nitrogen and oxygen atoms in total. The third-order valence-corrected chi connectivity index (χ3v) is 4.53. The Morgan fingerprint density at radius 2 is 2.11 bits per heavy atom. The molecule has 0 spiro atoms. The first-order valence-corrected chi connectivity index (χ1v) is 7.37. The second-order valence-electron chi connectivity index (χ2n) is 6.10. The average molecular weight is 274 g/mol. The van der Waals surface area contributed by atoms with Gasteiger partial charge in [-0.05, 0) is 18.3 Å². The van der Waals surface area contributed by atoms with Gasteiger partial charge in [0, 0.05) is 13.0 Å². The van der Waals surface area contributed by atoms with E-state index in [-0.39, 0.29) is 18.9 Å². The largest absolute Gasteiger partial charge is 0.355 e. The molecule has 19 heavy (non-hydrogen) atoms. The van der Waals surface area contributed by atoms with Crippen molar-refractivity contribution in [1.29, 1.82) is 0 Å². The fourth-order valence-electron chi connectivity index (χ4n) is 3.23. The van der Waals surface area contributed by atoms with Crippen molar-refractivity contribution < 1.29 is 13.6 Å². The quantitative estimate of drug-likeness (QED) is 0.826. The maximum Gasteiger partial charge on any atom is 0.262 e. The topological polar surface area (TPSA) is 41.1 Å². The number of alkyl halides is 2. The first kappa shape index (κ1) is 14.7. The van der Waals surface area contributed by atoms with Gasteiger partial charge in [0.05, 0.1) is 12.6 Å². The second-order valence-corrected chi connectivity index (χ2v) is 6.10. The number of carbonyl (C=O) groups excluding carboxylic acids is 1. The van der Waals surface area contributed by atoms with Crippen molar-refractivity contribution in [3.63, 3.8) is 0 Å². The lowest BCUT2D eigenvalue weighted by atomic mass is 9.79. The lowest BCUT2D eigenvalue weighted by molar-refractivity contribution is -0.123. The molecular formula is C14H24F2N2O. The van der Waals surface area contributed by atoms with Gasteiger partial charge in [-0.1, -0.05) is 32.6 Å². The Balaban J connectivity index is 1.67. The maximum absolute atomic E-state index is 13.0. The first-order chi connectivity index (χ1) is 8.98. The predicted molar refractivity (Wildman–Crippen MR) is 70.1 cm³/mol. The Kier molecular flexibility index (Phi) is 4.76. The first-order valence-electron chi connectivity index (χ1n) is 7.37. The van der Waals surface area contributed by atoms with Gasteiger partial charge in [-0.25, -0.2) is 8.78 Å². The van der Waals surface area contributed by atoms with Gasteiger partial charge in [0.15, 0.2) is 0 Å². The van der Waals surface area contributed by atoms with E-state index in [9.17, 15) is 13.6 Å². The molecule has 0 aromatic heterocycles. The van der Waals surface area contributed by atoms with E-state index in [1.807, 2.05) is 0 Å². The highest BCUT2D eigenvalue weighted by Gasteiger charge is 2.42. The fraction of sp³-hybridized carbons (Fsp3) is 0.929. The third-order valence-electron chi connectivity index (χ3n) is 4.53. The van der Waals surface area contributed by atoms with Gasteiger partial charge in [-0.3, -0.25) is 10.1 Å². The number of rotatable bonds is 4. The normalized spacial score (nSPS) is 34.2. The molecule has 1 heterocycles.